The first-order valence-electron chi connectivity index (χ1n) is 11.3. The third kappa shape index (κ3) is 8.54. The molecule has 0 fully saturated rings. The van der Waals surface area contributed by atoms with Crippen molar-refractivity contribution in [1.29, 1.82) is 0 Å². The SMILES string of the molecule is CCCCSCC(COc1ccc(C(C)(C)C)cc1)OC(=O)CSc1nc2ccccc2s1. The quantitative estimate of drug-likeness (QED) is 0.148. The second-order valence-corrected chi connectivity index (χ2v) is 12.3. The van der Waals surface area contributed by atoms with E-state index in [1.807, 2.05) is 48.2 Å². The van der Waals surface area contributed by atoms with Crippen molar-refractivity contribution in [2.45, 2.75) is 56.4 Å². The van der Waals surface area contributed by atoms with E-state index in [2.05, 4.69) is 44.8 Å². The zero-order chi connectivity index (χ0) is 23.7. The largest absolute Gasteiger partial charge is 0.490 e. The molecule has 0 N–H and O–H groups in total. The van der Waals surface area contributed by atoms with Crippen molar-refractivity contribution in [3.8, 4) is 5.75 Å². The van der Waals surface area contributed by atoms with E-state index in [1.54, 1.807) is 11.3 Å². The lowest BCUT2D eigenvalue weighted by Gasteiger charge is -2.20. The summed E-state index contributed by atoms with van der Waals surface area (Å²) in [5.74, 6) is 2.61. The monoisotopic (exact) mass is 503 g/mol. The summed E-state index contributed by atoms with van der Waals surface area (Å²) in [6.45, 7) is 9.11. The van der Waals surface area contributed by atoms with Crippen LogP contribution in [-0.2, 0) is 14.9 Å². The highest BCUT2D eigenvalue weighted by Crippen LogP contribution is 2.29. The van der Waals surface area contributed by atoms with Crippen LogP contribution in [0, 0.1) is 0 Å². The minimum absolute atomic E-state index is 0.105. The number of hydrogen-bond acceptors (Lipinski definition) is 7. The van der Waals surface area contributed by atoms with E-state index < -0.39 is 0 Å². The van der Waals surface area contributed by atoms with Crippen molar-refractivity contribution >= 4 is 51.0 Å². The summed E-state index contributed by atoms with van der Waals surface area (Å²) < 4.78 is 13.8. The van der Waals surface area contributed by atoms with E-state index >= 15 is 0 Å². The maximum absolute atomic E-state index is 12.6. The molecule has 0 amide bonds. The number of benzene rings is 2. The van der Waals surface area contributed by atoms with E-state index in [0.29, 0.717) is 6.61 Å². The number of ether oxygens (including phenoxy) is 2. The van der Waals surface area contributed by atoms with Crippen molar-refractivity contribution in [2.75, 3.05) is 23.9 Å². The number of aromatic nitrogens is 1. The minimum atomic E-state index is -0.280. The standard InChI is InChI=1S/C26H33NO3S3/c1-5-6-15-31-17-21(16-29-20-13-11-19(12-14-20)26(2,3)4)30-24(28)18-32-25-27-22-9-7-8-10-23(22)33-25/h7-14,21H,5-6,15-18H2,1-4H3. The average Bonchev–Trinajstić information content (AvgIpc) is 3.21. The van der Waals surface area contributed by atoms with Gasteiger partial charge in [-0.3, -0.25) is 4.79 Å². The van der Waals surface area contributed by atoms with Gasteiger partial charge in [0, 0.05) is 5.75 Å². The highest BCUT2D eigenvalue weighted by molar-refractivity contribution is 8.01. The molecule has 7 heteroatoms. The van der Waals surface area contributed by atoms with E-state index in [9.17, 15) is 4.79 Å². The molecule has 1 heterocycles. The number of fused-ring (bicyclic) bond motifs is 1. The van der Waals surface area contributed by atoms with Crippen LogP contribution in [0.5, 0.6) is 5.75 Å². The smallest absolute Gasteiger partial charge is 0.316 e. The van der Waals surface area contributed by atoms with Crippen LogP contribution < -0.4 is 4.74 Å². The third-order valence-corrected chi connectivity index (χ3v) is 8.33. The molecule has 3 rings (SSSR count). The van der Waals surface area contributed by atoms with Gasteiger partial charge < -0.3 is 9.47 Å². The van der Waals surface area contributed by atoms with Crippen LogP contribution in [0.3, 0.4) is 0 Å². The third-order valence-electron chi connectivity index (χ3n) is 4.99. The van der Waals surface area contributed by atoms with Gasteiger partial charge in [0.05, 0.1) is 16.0 Å². The lowest BCUT2D eigenvalue weighted by molar-refractivity contribution is -0.145. The van der Waals surface area contributed by atoms with Crippen molar-refractivity contribution < 1.29 is 14.3 Å². The minimum Gasteiger partial charge on any atom is -0.490 e. The zero-order valence-corrected chi connectivity index (χ0v) is 22.3. The number of carbonyl (C=O) groups excluding carboxylic acids is 1. The van der Waals surface area contributed by atoms with E-state index in [0.717, 1.165) is 44.7 Å². The fourth-order valence-electron chi connectivity index (χ4n) is 3.07. The van der Waals surface area contributed by atoms with Gasteiger partial charge in [-0.1, -0.05) is 70.1 Å². The second kappa shape index (κ2) is 12.7. The van der Waals surface area contributed by atoms with Gasteiger partial charge in [-0.15, -0.1) is 11.3 Å². The fraction of sp³-hybridized carbons (Fsp3) is 0.462. The highest BCUT2D eigenvalue weighted by Gasteiger charge is 2.18. The van der Waals surface area contributed by atoms with Crippen LogP contribution in [0.15, 0.2) is 52.9 Å². The summed E-state index contributed by atoms with van der Waals surface area (Å²) in [5, 5.41) is 0. The first-order valence-corrected chi connectivity index (χ1v) is 14.3. The number of unbranched alkanes of at least 4 members (excludes halogenated alkanes) is 1. The average molecular weight is 504 g/mol. The Morgan fingerprint density at radius 3 is 2.58 bits per heavy atom. The van der Waals surface area contributed by atoms with Crippen LogP contribution in [0.1, 0.15) is 46.1 Å². The van der Waals surface area contributed by atoms with Gasteiger partial charge in [0.1, 0.15) is 18.5 Å². The molecule has 4 nitrogen and oxygen atoms in total. The van der Waals surface area contributed by atoms with E-state index in [-0.39, 0.29) is 23.2 Å². The summed E-state index contributed by atoms with van der Waals surface area (Å²) in [7, 11) is 0. The summed E-state index contributed by atoms with van der Waals surface area (Å²) in [6.07, 6.45) is 2.04. The number of rotatable bonds is 12. The molecule has 0 bridgehead atoms. The topological polar surface area (TPSA) is 48.4 Å². The first-order chi connectivity index (χ1) is 15.8. The zero-order valence-electron chi connectivity index (χ0n) is 19.8. The Morgan fingerprint density at radius 1 is 1.12 bits per heavy atom. The molecular formula is C26H33NO3S3. The second-order valence-electron chi connectivity index (χ2n) is 8.86. The van der Waals surface area contributed by atoms with Crippen molar-refractivity contribution in [1.82, 2.24) is 4.98 Å². The van der Waals surface area contributed by atoms with Crippen LogP contribution in [0.25, 0.3) is 10.2 Å². The predicted octanol–water partition coefficient (Wildman–Crippen LogP) is 7.21. The Kier molecular flexibility index (Phi) is 9.95. The number of thiazole rings is 1. The molecular weight excluding hydrogens is 470 g/mol. The molecule has 0 saturated heterocycles. The number of nitrogens with zero attached hydrogens (tertiary/aromatic N) is 1. The number of carbonyl (C=O) groups is 1. The van der Waals surface area contributed by atoms with Gasteiger partial charge in [-0.2, -0.15) is 11.8 Å². The highest BCUT2D eigenvalue weighted by atomic mass is 32.2. The number of esters is 1. The Labute approximate surface area is 209 Å². The number of thioether (sulfide) groups is 2. The molecule has 0 aliphatic carbocycles. The lowest BCUT2D eigenvalue weighted by atomic mass is 9.87. The molecule has 33 heavy (non-hydrogen) atoms. The Hall–Kier alpha value is -1.70. The molecule has 0 radical (unpaired) electrons. The molecule has 0 spiro atoms. The van der Waals surface area contributed by atoms with Crippen LogP contribution in [0.4, 0.5) is 0 Å². The molecule has 1 atom stereocenters. The maximum Gasteiger partial charge on any atom is 0.316 e. The number of hydrogen-bond donors (Lipinski definition) is 0. The molecule has 0 aliphatic rings. The van der Waals surface area contributed by atoms with Crippen molar-refractivity contribution in [2.24, 2.45) is 0 Å². The predicted molar refractivity (Wildman–Crippen MR) is 143 cm³/mol. The lowest BCUT2D eigenvalue weighted by Crippen LogP contribution is -2.28. The van der Waals surface area contributed by atoms with Crippen LogP contribution in [-0.4, -0.2) is 40.9 Å². The Bertz CT molecular complexity index is 979. The van der Waals surface area contributed by atoms with Crippen molar-refractivity contribution in [3.05, 3.63) is 54.1 Å². The molecule has 1 aromatic heterocycles. The summed E-state index contributed by atoms with van der Waals surface area (Å²) in [6, 6.07) is 16.2. The fourth-order valence-corrected chi connectivity index (χ4v) is 6.01. The molecule has 0 saturated carbocycles. The van der Waals surface area contributed by atoms with Gasteiger partial charge in [-0.05, 0) is 47.4 Å². The summed E-state index contributed by atoms with van der Waals surface area (Å²) in [5.41, 5.74) is 2.34. The molecule has 1 unspecified atom stereocenters. The summed E-state index contributed by atoms with van der Waals surface area (Å²) in [4.78, 5) is 17.1. The van der Waals surface area contributed by atoms with Gasteiger partial charge >= 0.3 is 5.97 Å². The van der Waals surface area contributed by atoms with Crippen molar-refractivity contribution in [3.63, 3.8) is 0 Å². The van der Waals surface area contributed by atoms with Gasteiger partial charge in [-0.25, -0.2) is 4.98 Å². The van der Waals surface area contributed by atoms with Crippen LogP contribution >= 0.6 is 34.9 Å². The maximum atomic E-state index is 12.6. The Balaban J connectivity index is 1.52. The normalized spacial score (nSPS) is 12.6. The van der Waals surface area contributed by atoms with E-state index in [1.165, 1.54) is 17.3 Å². The molecule has 3 aromatic rings. The van der Waals surface area contributed by atoms with Gasteiger partial charge in [0.15, 0.2) is 4.34 Å². The molecule has 178 valence electrons. The van der Waals surface area contributed by atoms with Gasteiger partial charge in [0.2, 0.25) is 0 Å². The van der Waals surface area contributed by atoms with Gasteiger partial charge in [0.25, 0.3) is 0 Å². The summed E-state index contributed by atoms with van der Waals surface area (Å²) >= 11 is 4.85. The first kappa shape index (κ1) is 25.9. The molecule has 2 aromatic carbocycles. The van der Waals surface area contributed by atoms with E-state index in [4.69, 9.17) is 9.47 Å². The Morgan fingerprint density at radius 2 is 1.88 bits per heavy atom. The number of para-hydroxylation sites is 1. The molecule has 0 aliphatic heterocycles. The van der Waals surface area contributed by atoms with Crippen LogP contribution in [0.2, 0.25) is 0 Å².